The Morgan fingerprint density at radius 2 is 1.03 bits per heavy atom. The second-order valence-corrected chi connectivity index (χ2v) is 20.6. The maximum Gasteiger partial charge on any atom is 0.268 e. The summed E-state index contributed by atoms with van der Waals surface area (Å²) in [4.78, 5) is 73.7. The number of likely N-dealkylation sites (tertiary alicyclic amines) is 2. The predicted octanol–water partition coefficient (Wildman–Crippen LogP) is 1.20. The Labute approximate surface area is 541 Å². The molecular formula is C62H92F2N8O21. The number of pyridine rings is 2. The van der Waals surface area contributed by atoms with E-state index in [0.717, 1.165) is 10.5 Å². The molecular weight excluding hydrogens is 1230 g/mol. The maximum absolute atomic E-state index is 13.8. The highest BCUT2D eigenvalue weighted by atomic mass is 19.3. The highest BCUT2D eigenvalue weighted by Gasteiger charge is 2.47. The van der Waals surface area contributed by atoms with Crippen LogP contribution in [-0.4, -0.2) is 299 Å². The van der Waals surface area contributed by atoms with Crippen LogP contribution >= 0.6 is 0 Å². The van der Waals surface area contributed by atoms with Crippen molar-refractivity contribution >= 4 is 40.4 Å². The molecule has 0 aliphatic carbocycles. The molecule has 0 bridgehead atoms. The Balaban J connectivity index is 0.654. The number of aromatic nitrogens is 2. The maximum atomic E-state index is 13.8. The van der Waals surface area contributed by atoms with Gasteiger partial charge in [0.05, 0.1) is 240 Å². The van der Waals surface area contributed by atoms with Crippen molar-refractivity contribution in [1.82, 2.24) is 35.7 Å². The van der Waals surface area contributed by atoms with Crippen molar-refractivity contribution in [2.45, 2.75) is 30.8 Å². The first-order chi connectivity index (χ1) is 45.5. The molecule has 0 unspecified atom stereocenters. The minimum atomic E-state index is -3.17. The summed E-state index contributed by atoms with van der Waals surface area (Å²) in [7, 11) is 1.71. The number of halogens is 2. The van der Waals surface area contributed by atoms with Crippen LogP contribution in [0.1, 0.15) is 34.8 Å². The van der Waals surface area contributed by atoms with Gasteiger partial charge in [-0.15, -0.1) is 0 Å². The number of ether oxygens (including phenoxy) is 16. The van der Waals surface area contributed by atoms with Crippen LogP contribution in [0.4, 0.5) is 8.78 Å². The summed E-state index contributed by atoms with van der Waals surface area (Å²) in [5.74, 6) is -5.36. The van der Waals surface area contributed by atoms with Crippen molar-refractivity contribution in [2.24, 2.45) is 5.92 Å². The number of alkyl halides is 2. The van der Waals surface area contributed by atoms with Crippen LogP contribution in [0.3, 0.4) is 0 Å². The molecule has 31 heteroatoms. The number of benzene rings is 1. The van der Waals surface area contributed by atoms with Gasteiger partial charge in [-0.3, -0.25) is 33.9 Å². The fourth-order valence-corrected chi connectivity index (χ4v) is 9.10. The molecule has 93 heavy (non-hydrogen) atoms. The van der Waals surface area contributed by atoms with Gasteiger partial charge >= 0.3 is 0 Å². The largest absolute Gasteiger partial charge is 0.484 e. The average molecular weight is 1320 g/mol. The molecule has 2 aliphatic rings. The summed E-state index contributed by atoms with van der Waals surface area (Å²) in [5, 5.41) is 17.6. The van der Waals surface area contributed by atoms with E-state index in [1.54, 1.807) is 54.7 Å². The molecule has 3 aromatic rings. The van der Waals surface area contributed by atoms with Crippen LogP contribution in [0, 0.1) is 17.2 Å². The number of amides is 5. The number of carbonyl (C=O) groups is 5. The van der Waals surface area contributed by atoms with Crippen molar-refractivity contribution < 1.29 is 109 Å². The average Bonchev–Trinajstić information content (AvgIpc) is 1.80. The van der Waals surface area contributed by atoms with Crippen LogP contribution in [0.15, 0.2) is 55.0 Å². The predicted molar refractivity (Wildman–Crippen MR) is 326 cm³/mol. The van der Waals surface area contributed by atoms with E-state index in [0.29, 0.717) is 215 Å². The van der Waals surface area contributed by atoms with Gasteiger partial charge in [0, 0.05) is 63.0 Å². The molecule has 0 radical (unpaired) electrons. The van der Waals surface area contributed by atoms with E-state index in [9.17, 15) is 32.8 Å². The summed E-state index contributed by atoms with van der Waals surface area (Å²) in [5.41, 5.74) is 1.40. The summed E-state index contributed by atoms with van der Waals surface area (Å²) in [6.07, 6.45) is 4.15. The summed E-state index contributed by atoms with van der Waals surface area (Å²) >= 11 is 0. The number of rotatable bonds is 56. The molecule has 0 saturated carbocycles. The van der Waals surface area contributed by atoms with E-state index in [-0.39, 0.29) is 55.5 Å². The minimum Gasteiger partial charge on any atom is -0.484 e. The van der Waals surface area contributed by atoms with E-state index < -0.39 is 49.2 Å². The number of carbonyl (C=O) groups excluding carboxylic acids is 5. The fraction of sp³-hybridized carbons (Fsp3) is 0.677. The lowest BCUT2D eigenvalue weighted by molar-refractivity contribution is -0.131. The van der Waals surface area contributed by atoms with Crippen LogP contribution in [-0.2, 0) is 90.2 Å². The first kappa shape index (κ1) is 77.4. The number of nitrogens with one attached hydrogen (secondary N) is 3. The van der Waals surface area contributed by atoms with Gasteiger partial charge in [-0.05, 0) is 29.8 Å². The summed E-state index contributed by atoms with van der Waals surface area (Å²) < 4.78 is 116. The van der Waals surface area contributed by atoms with Crippen LogP contribution in [0.2, 0.25) is 0 Å². The lowest BCUT2D eigenvalue weighted by Gasteiger charge is -2.24. The molecule has 2 aliphatic heterocycles. The van der Waals surface area contributed by atoms with Crippen molar-refractivity contribution in [2.75, 3.05) is 238 Å². The Morgan fingerprint density at radius 3 is 1.46 bits per heavy atom. The van der Waals surface area contributed by atoms with Gasteiger partial charge in [0.2, 0.25) is 17.7 Å². The van der Waals surface area contributed by atoms with Gasteiger partial charge in [-0.1, -0.05) is 6.07 Å². The second-order valence-electron chi connectivity index (χ2n) is 20.6. The number of fused-ring (bicyclic) bond motifs is 1. The van der Waals surface area contributed by atoms with Crippen molar-refractivity contribution in [3.8, 4) is 11.8 Å². The van der Waals surface area contributed by atoms with Crippen LogP contribution < -0.4 is 20.7 Å². The SMILES string of the molecule is CN1C(=O)C[C@H](C(=O)NCCOCCOCCOCCOCCOCCOCCOCCOCCOCCOCCOCCOCCOCCOCCOCCNC(=O)COc2ccc3c(C(=O)NCC(=O)N4CC(F)(F)C[C@H]4C#N)ccnc3c2)[C@H]1c1cccnc1. The third-order valence-electron chi connectivity index (χ3n) is 13.7. The van der Waals surface area contributed by atoms with Crippen LogP contribution in [0.5, 0.6) is 5.75 Å². The highest BCUT2D eigenvalue weighted by Crippen LogP contribution is 2.37. The fourth-order valence-electron chi connectivity index (χ4n) is 9.10. The summed E-state index contributed by atoms with van der Waals surface area (Å²) in [6.45, 7) is 11.5. The van der Waals surface area contributed by atoms with Crippen molar-refractivity contribution in [3.05, 3.63) is 66.1 Å². The topological polar surface area (TPSA) is 325 Å². The Bertz CT molecular complexity index is 2600. The molecule has 2 fully saturated rings. The van der Waals surface area contributed by atoms with Gasteiger partial charge in [0.25, 0.3) is 17.7 Å². The van der Waals surface area contributed by atoms with Gasteiger partial charge in [0.15, 0.2) is 6.61 Å². The lowest BCUT2D eigenvalue weighted by Crippen LogP contribution is -2.43. The van der Waals surface area contributed by atoms with Gasteiger partial charge in [-0.25, -0.2) is 8.78 Å². The zero-order valence-corrected chi connectivity index (χ0v) is 53.2. The van der Waals surface area contributed by atoms with Crippen molar-refractivity contribution in [3.63, 3.8) is 0 Å². The molecule has 3 atom stereocenters. The first-order valence-corrected chi connectivity index (χ1v) is 31.2. The quantitative estimate of drug-likeness (QED) is 0.0669. The standard InChI is InChI=1S/C62H92F2N8O21/c1-71-57(74)42-54(59(71)49-3-2-7-66-45-49)61(77)69-10-12-79-14-16-81-18-20-83-22-24-85-26-28-87-30-32-89-34-36-91-38-40-92-39-37-90-35-33-88-31-29-86-27-25-84-23-21-82-19-17-80-15-13-78-11-9-68-56(73)47-93-51-4-5-52-53(6-8-67-55(52)41-51)60(76)70-46-58(75)72-48-62(63,64)43-50(72)44-65/h2-8,41,45,50,54,59H,9-40,42-43,46-48H2,1H3,(H,68,73)(H,69,77)(H,70,76)/t50-,54-,59+/m0/s1. The van der Waals surface area contributed by atoms with Crippen molar-refractivity contribution in [1.29, 1.82) is 5.26 Å². The van der Waals surface area contributed by atoms with E-state index >= 15 is 0 Å². The second kappa shape index (κ2) is 48.4. The normalized spacial score (nSPS) is 16.1. The van der Waals surface area contributed by atoms with Gasteiger partial charge < -0.3 is 102 Å². The number of hydrogen-bond acceptors (Lipinski definition) is 24. The molecule has 2 aromatic heterocycles. The van der Waals surface area contributed by atoms with E-state index in [2.05, 4.69) is 25.9 Å². The zero-order chi connectivity index (χ0) is 66.2. The van der Waals surface area contributed by atoms with E-state index in [1.807, 2.05) is 6.07 Å². The molecule has 0 spiro atoms. The molecule has 3 N–H and O–H groups in total. The molecule has 520 valence electrons. The Hall–Kier alpha value is -6.32. The third kappa shape index (κ3) is 33.1. The monoisotopic (exact) mass is 1320 g/mol. The minimum absolute atomic E-state index is 0.0684. The first-order valence-electron chi connectivity index (χ1n) is 31.2. The van der Waals surface area contributed by atoms with Gasteiger partial charge in [0.1, 0.15) is 11.8 Å². The number of nitrogens with zero attached hydrogens (tertiary/aromatic N) is 5. The molecule has 5 amide bonds. The molecule has 4 heterocycles. The number of nitriles is 1. The molecule has 1 aromatic carbocycles. The Kier molecular flexibility index (Phi) is 40.3. The molecule has 29 nitrogen and oxygen atoms in total. The van der Waals surface area contributed by atoms with Crippen LogP contribution in [0.25, 0.3) is 10.9 Å². The van der Waals surface area contributed by atoms with Gasteiger partial charge in [-0.2, -0.15) is 5.26 Å². The Morgan fingerprint density at radius 1 is 0.591 bits per heavy atom. The zero-order valence-electron chi connectivity index (χ0n) is 53.2. The molecule has 5 rings (SSSR count). The summed E-state index contributed by atoms with van der Waals surface area (Å²) in [6, 6.07) is 9.90. The number of hydrogen-bond donors (Lipinski definition) is 3. The lowest BCUT2D eigenvalue weighted by atomic mass is 9.94. The van der Waals surface area contributed by atoms with E-state index in [4.69, 9.17) is 81.1 Å². The smallest absolute Gasteiger partial charge is 0.268 e. The highest BCUT2D eigenvalue weighted by molar-refractivity contribution is 6.07. The third-order valence-corrected chi connectivity index (χ3v) is 13.7. The molecule has 2 saturated heterocycles. The van der Waals surface area contributed by atoms with E-state index in [1.165, 1.54) is 12.3 Å².